The van der Waals surface area contributed by atoms with E-state index in [1.165, 1.54) is 0 Å². The number of hydrogen-bond donors (Lipinski definition) is 0. The molecule has 0 atom stereocenters. The molecule has 0 amide bonds. The number of oxazole rings is 1. The Hall–Kier alpha value is -1.30. The van der Waals surface area contributed by atoms with Crippen LogP contribution in [0.5, 0.6) is 0 Å². The monoisotopic (exact) mass is 122 g/mol. The van der Waals surface area contributed by atoms with Crippen molar-refractivity contribution in [2.24, 2.45) is 0 Å². The van der Waals surface area contributed by atoms with Gasteiger partial charge in [-0.1, -0.05) is 11.6 Å². The minimum Gasteiger partial charge on any atom is -0.465 e. The van der Waals surface area contributed by atoms with Crippen LogP contribution in [0.2, 0.25) is 0 Å². The highest BCUT2D eigenvalue weighted by atomic mass is 16.4. The van der Waals surface area contributed by atoms with Gasteiger partial charge in [0, 0.05) is 6.92 Å². The molecule has 0 unspecified atom stereocenters. The maximum absolute atomic E-state index is 6.52. The van der Waals surface area contributed by atoms with E-state index in [0.717, 1.165) is 11.5 Å². The summed E-state index contributed by atoms with van der Waals surface area (Å²) in [5.41, 5.74) is 0.793. The number of hydrogen-bond acceptors (Lipinski definition) is 2. The SMILES string of the molecule is [C-]#[N+]c1nc(C)c(C)o1. The summed E-state index contributed by atoms with van der Waals surface area (Å²) in [5.74, 6) is 0.723. The second-order valence-electron chi connectivity index (χ2n) is 1.75. The maximum Gasteiger partial charge on any atom is 0.450 e. The van der Waals surface area contributed by atoms with Crippen LogP contribution in [0.4, 0.5) is 6.01 Å². The van der Waals surface area contributed by atoms with Crippen molar-refractivity contribution in [1.82, 2.24) is 4.98 Å². The van der Waals surface area contributed by atoms with Gasteiger partial charge < -0.3 is 9.26 Å². The first-order chi connectivity index (χ1) is 4.24. The highest BCUT2D eigenvalue weighted by Crippen LogP contribution is 2.14. The van der Waals surface area contributed by atoms with Gasteiger partial charge in [-0.15, -0.1) is 0 Å². The summed E-state index contributed by atoms with van der Waals surface area (Å²) in [5, 5.41) is 0. The van der Waals surface area contributed by atoms with Gasteiger partial charge in [0.25, 0.3) is 0 Å². The molecule has 0 aliphatic rings. The largest absolute Gasteiger partial charge is 0.465 e. The quantitative estimate of drug-likeness (QED) is 0.491. The van der Waals surface area contributed by atoms with Crippen LogP contribution < -0.4 is 0 Å². The number of rotatable bonds is 0. The molecule has 1 rings (SSSR count). The highest BCUT2D eigenvalue weighted by molar-refractivity contribution is 5.24. The molecule has 9 heavy (non-hydrogen) atoms. The lowest BCUT2D eigenvalue weighted by Crippen LogP contribution is -1.69. The van der Waals surface area contributed by atoms with Gasteiger partial charge in [0.2, 0.25) is 0 Å². The van der Waals surface area contributed by atoms with Crippen LogP contribution in [-0.4, -0.2) is 4.98 Å². The van der Waals surface area contributed by atoms with Crippen molar-refractivity contribution < 1.29 is 4.42 Å². The molecule has 3 nitrogen and oxygen atoms in total. The van der Waals surface area contributed by atoms with E-state index in [4.69, 9.17) is 11.0 Å². The average Bonchev–Trinajstić information content (AvgIpc) is 2.13. The van der Waals surface area contributed by atoms with Crippen molar-refractivity contribution in [2.45, 2.75) is 13.8 Å². The van der Waals surface area contributed by atoms with Gasteiger partial charge in [-0.05, 0) is 6.92 Å². The molecule has 0 spiro atoms. The molecule has 1 heterocycles. The molecular formula is C6H6N2O. The summed E-state index contributed by atoms with van der Waals surface area (Å²) >= 11 is 0. The Morgan fingerprint density at radius 2 is 2.22 bits per heavy atom. The fraction of sp³-hybridized carbons (Fsp3) is 0.333. The molecule has 46 valence electrons. The van der Waals surface area contributed by atoms with E-state index in [1.54, 1.807) is 6.92 Å². The van der Waals surface area contributed by atoms with Crippen LogP contribution in [0.15, 0.2) is 4.42 Å². The number of nitrogens with zero attached hydrogens (tertiary/aromatic N) is 2. The average molecular weight is 122 g/mol. The Kier molecular flexibility index (Phi) is 1.23. The molecule has 1 aromatic heterocycles. The zero-order valence-electron chi connectivity index (χ0n) is 5.30. The molecule has 0 N–H and O–H groups in total. The molecule has 0 saturated heterocycles. The molecule has 0 saturated carbocycles. The van der Waals surface area contributed by atoms with Crippen molar-refractivity contribution in [1.29, 1.82) is 0 Å². The van der Waals surface area contributed by atoms with Crippen molar-refractivity contribution in [3.8, 4) is 0 Å². The van der Waals surface area contributed by atoms with Crippen molar-refractivity contribution in [3.63, 3.8) is 0 Å². The number of aryl methyl sites for hydroxylation is 2. The zero-order valence-corrected chi connectivity index (χ0v) is 5.30. The first-order valence-electron chi connectivity index (χ1n) is 2.55. The van der Waals surface area contributed by atoms with E-state index in [1.807, 2.05) is 6.92 Å². The van der Waals surface area contributed by atoms with Crippen LogP contribution in [0.1, 0.15) is 11.5 Å². The van der Waals surface area contributed by atoms with E-state index < -0.39 is 0 Å². The fourth-order valence-electron chi connectivity index (χ4n) is 0.504. The van der Waals surface area contributed by atoms with Gasteiger partial charge in [-0.25, -0.2) is 0 Å². The van der Waals surface area contributed by atoms with E-state index in [0.29, 0.717) is 0 Å². The molecule has 0 aliphatic carbocycles. The summed E-state index contributed by atoms with van der Waals surface area (Å²) in [6.07, 6.45) is 0. The van der Waals surface area contributed by atoms with Crippen molar-refractivity contribution in [3.05, 3.63) is 22.9 Å². The van der Waals surface area contributed by atoms with Crippen LogP contribution in [-0.2, 0) is 0 Å². The van der Waals surface area contributed by atoms with Gasteiger partial charge in [0.15, 0.2) is 5.69 Å². The van der Waals surface area contributed by atoms with Crippen LogP contribution in [0, 0.1) is 20.4 Å². The Bertz CT molecular complexity index is 237. The van der Waals surface area contributed by atoms with Gasteiger partial charge in [0.05, 0.1) is 0 Å². The third-order valence-electron chi connectivity index (χ3n) is 1.11. The summed E-state index contributed by atoms with van der Waals surface area (Å²) < 4.78 is 4.90. The van der Waals surface area contributed by atoms with E-state index >= 15 is 0 Å². The smallest absolute Gasteiger partial charge is 0.450 e. The molecule has 0 radical (unpaired) electrons. The predicted molar refractivity (Wildman–Crippen MR) is 32.2 cm³/mol. The minimum absolute atomic E-state index is 0.130. The Balaban J connectivity index is 3.16. The molecule has 3 heteroatoms. The van der Waals surface area contributed by atoms with Crippen molar-refractivity contribution in [2.75, 3.05) is 0 Å². The standard InChI is InChI=1S/C6H6N2O/c1-4-5(2)9-6(7-3)8-4/h1-2H3. The lowest BCUT2D eigenvalue weighted by atomic mass is 10.4. The first kappa shape index (κ1) is 5.83. The van der Waals surface area contributed by atoms with Crippen LogP contribution in [0.25, 0.3) is 4.85 Å². The number of aromatic nitrogens is 1. The third kappa shape index (κ3) is 0.918. The normalized spacial score (nSPS) is 9.00. The lowest BCUT2D eigenvalue weighted by molar-refractivity contribution is 0.550. The molecule has 0 bridgehead atoms. The van der Waals surface area contributed by atoms with E-state index in [9.17, 15) is 0 Å². The van der Waals surface area contributed by atoms with E-state index in [-0.39, 0.29) is 6.01 Å². The van der Waals surface area contributed by atoms with Crippen molar-refractivity contribution >= 4 is 6.01 Å². The Morgan fingerprint density at radius 1 is 1.56 bits per heavy atom. The Morgan fingerprint density at radius 3 is 2.44 bits per heavy atom. The van der Waals surface area contributed by atoms with Gasteiger partial charge in [-0.3, -0.25) is 0 Å². The zero-order chi connectivity index (χ0) is 6.85. The third-order valence-corrected chi connectivity index (χ3v) is 1.11. The lowest BCUT2D eigenvalue weighted by Gasteiger charge is -1.75. The van der Waals surface area contributed by atoms with Crippen LogP contribution >= 0.6 is 0 Å². The molecule has 0 fully saturated rings. The van der Waals surface area contributed by atoms with Gasteiger partial charge in [-0.2, -0.15) is 0 Å². The summed E-state index contributed by atoms with van der Waals surface area (Å²) in [6, 6.07) is 0.130. The van der Waals surface area contributed by atoms with Gasteiger partial charge in [0.1, 0.15) is 5.76 Å². The Labute approximate surface area is 53.1 Å². The minimum atomic E-state index is 0.130. The second kappa shape index (κ2) is 1.90. The molecule has 0 aromatic carbocycles. The summed E-state index contributed by atoms with van der Waals surface area (Å²) in [6.45, 7) is 10.1. The van der Waals surface area contributed by atoms with Gasteiger partial charge >= 0.3 is 6.01 Å². The summed E-state index contributed by atoms with van der Waals surface area (Å²) in [7, 11) is 0. The fourth-order valence-corrected chi connectivity index (χ4v) is 0.504. The molecular weight excluding hydrogens is 116 g/mol. The summed E-state index contributed by atoms with van der Waals surface area (Å²) in [4.78, 5) is 6.83. The second-order valence-corrected chi connectivity index (χ2v) is 1.75. The highest BCUT2D eigenvalue weighted by Gasteiger charge is 2.05. The topological polar surface area (TPSA) is 30.4 Å². The predicted octanol–water partition coefficient (Wildman–Crippen LogP) is 1.84. The van der Waals surface area contributed by atoms with E-state index in [2.05, 4.69) is 9.83 Å². The maximum atomic E-state index is 6.52. The molecule has 1 aromatic rings. The molecule has 0 aliphatic heterocycles. The van der Waals surface area contributed by atoms with Crippen LogP contribution in [0.3, 0.4) is 0 Å². The first-order valence-corrected chi connectivity index (χ1v) is 2.55.